The van der Waals surface area contributed by atoms with Gasteiger partial charge in [-0.1, -0.05) is 12.1 Å². The van der Waals surface area contributed by atoms with Crippen molar-refractivity contribution in [1.82, 2.24) is 19.6 Å². The van der Waals surface area contributed by atoms with E-state index in [0.717, 1.165) is 64.1 Å². The highest BCUT2D eigenvalue weighted by Gasteiger charge is 2.41. The fourth-order valence-electron chi connectivity index (χ4n) is 7.68. The molecule has 2 saturated heterocycles. The number of hydrogen-bond acceptors (Lipinski definition) is 6. The molecule has 0 bridgehead atoms. The molecule has 11 heteroatoms. The summed E-state index contributed by atoms with van der Waals surface area (Å²) in [4.78, 5) is 19.3. The van der Waals surface area contributed by atoms with E-state index in [9.17, 15) is 18.0 Å². The third-order valence-corrected chi connectivity index (χ3v) is 10.8. The van der Waals surface area contributed by atoms with Crippen LogP contribution in [0.2, 0.25) is 0 Å². The van der Waals surface area contributed by atoms with E-state index in [1.807, 2.05) is 0 Å². The van der Waals surface area contributed by atoms with Gasteiger partial charge in [0.15, 0.2) is 0 Å². The van der Waals surface area contributed by atoms with Gasteiger partial charge in [0.05, 0.1) is 24.2 Å². The fraction of sp³-hybridized carbons (Fsp3) is 0.647. The average molecular weight is 648 g/mol. The number of carbonyl (C=O) groups is 1. The van der Waals surface area contributed by atoms with Crippen molar-refractivity contribution >= 4 is 23.3 Å². The zero-order valence-electron chi connectivity index (χ0n) is 26.4. The molecule has 45 heavy (non-hydrogen) atoms. The number of likely N-dealkylation sites (tertiary alicyclic amines) is 1. The SMILES string of the molecule is CCOC(=O)c1cnn(C2CCCN(C3=CC(Cl)CCC3(C)c3ccc(N4CCN(CC5(F)CCC5)CC4)cc3)C2)c1C(F)F. The number of esters is 1. The molecule has 246 valence electrons. The first kappa shape index (κ1) is 32.2. The maximum absolute atomic E-state index is 14.6. The van der Waals surface area contributed by atoms with E-state index in [0.29, 0.717) is 32.4 Å². The smallest absolute Gasteiger partial charge is 0.341 e. The summed E-state index contributed by atoms with van der Waals surface area (Å²) in [5.74, 6) is -0.772. The minimum Gasteiger partial charge on any atom is -0.462 e. The predicted octanol–water partition coefficient (Wildman–Crippen LogP) is 6.89. The van der Waals surface area contributed by atoms with E-state index in [-0.39, 0.29) is 34.7 Å². The molecule has 1 saturated carbocycles. The molecule has 3 heterocycles. The van der Waals surface area contributed by atoms with Crippen molar-refractivity contribution in [3.8, 4) is 0 Å². The van der Waals surface area contributed by atoms with E-state index < -0.39 is 18.1 Å². The normalized spacial score (nSPS) is 27.3. The Balaban J connectivity index is 1.17. The Hall–Kier alpha value is -2.72. The Morgan fingerprint density at radius 3 is 2.42 bits per heavy atom. The zero-order chi connectivity index (χ0) is 31.8. The first-order chi connectivity index (χ1) is 21.6. The summed E-state index contributed by atoms with van der Waals surface area (Å²) < 4.78 is 49.5. The average Bonchev–Trinajstić information content (AvgIpc) is 3.48. The Morgan fingerprint density at radius 2 is 1.78 bits per heavy atom. The molecular formula is C34H45ClF3N5O2. The van der Waals surface area contributed by atoms with Gasteiger partial charge in [-0.15, -0.1) is 11.6 Å². The fourth-order valence-corrected chi connectivity index (χ4v) is 7.91. The highest BCUT2D eigenvalue weighted by molar-refractivity contribution is 6.21. The van der Waals surface area contributed by atoms with Crippen LogP contribution in [-0.4, -0.2) is 89.0 Å². The topological polar surface area (TPSA) is 53.8 Å². The van der Waals surface area contributed by atoms with Gasteiger partial charge in [0.25, 0.3) is 6.43 Å². The van der Waals surface area contributed by atoms with Gasteiger partial charge in [-0.2, -0.15) is 5.10 Å². The van der Waals surface area contributed by atoms with E-state index in [1.54, 1.807) is 6.92 Å². The molecule has 0 radical (unpaired) electrons. The van der Waals surface area contributed by atoms with Gasteiger partial charge < -0.3 is 14.5 Å². The molecule has 3 unspecified atom stereocenters. The number of alkyl halides is 4. The van der Waals surface area contributed by atoms with Crippen molar-refractivity contribution < 1.29 is 22.7 Å². The van der Waals surface area contributed by atoms with Gasteiger partial charge >= 0.3 is 5.97 Å². The molecule has 0 spiro atoms. The molecule has 2 aromatic rings. The van der Waals surface area contributed by atoms with Gasteiger partial charge in [0.2, 0.25) is 0 Å². The van der Waals surface area contributed by atoms with Crippen LogP contribution in [0.5, 0.6) is 0 Å². The molecule has 2 aliphatic carbocycles. The second-order valence-corrected chi connectivity index (χ2v) is 14.0. The minimum absolute atomic E-state index is 0.106. The number of allylic oxidation sites excluding steroid dienone is 2. The maximum Gasteiger partial charge on any atom is 0.341 e. The molecule has 7 nitrogen and oxygen atoms in total. The number of benzene rings is 1. The maximum atomic E-state index is 14.6. The van der Waals surface area contributed by atoms with Crippen LogP contribution in [0.25, 0.3) is 0 Å². The molecular weight excluding hydrogens is 603 g/mol. The van der Waals surface area contributed by atoms with Crippen molar-refractivity contribution in [2.24, 2.45) is 0 Å². The molecule has 3 fully saturated rings. The second kappa shape index (κ2) is 13.2. The van der Waals surface area contributed by atoms with Crippen molar-refractivity contribution in [1.29, 1.82) is 0 Å². The van der Waals surface area contributed by atoms with Crippen LogP contribution in [0.1, 0.15) is 92.9 Å². The summed E-state index contributed by atoms with van der Waals surface area (Å²) >= 11 is 6.72. The lowest BCUT2D eigenvalue weighted by molar-refractivity contribution is 0.0191. The summed E-state index contributed by atoms with van der Waals surface area (Å²) in [6.45, 7) is 9.36. The standard InChI is InChI=1S/C34H45ClF3N5O2/c1-3-45-32(44)28-21-39-43(30(28)31(36)37)27-6-4-15-42(22-27)29-20-25(35)11-14-33(29,2)24-7-9-26(10-8-24)41-18-16-40(17-19-41)23-34(38)12-5-13-34/h7-10,20-21,25,27,31H,3-6,11-19,22-23H2,1-2H3. The van der Waals surface area contributed by atoms with Gasteiger partial charge in [0, 0.05) is 62.6 Å². The van der Waals surface area contributed by atoms with E-state index in [4.69, 9.17) is 16.3 Å². The quantitative estimate of drug-likeness (QED) is 0.218. The van der Waals surface area contributed by atoms with Crippen LogP contribution in [-0.2, 0) is 10.2 Å². The highest BCUT2D eigenvalue weighted by atomic mass is 35.5. The summed E-state index contributed by atoms with van der Waals surface area (Å²) in [5, 5.41) is 4.17. The number of hydrogen-bond donors (Lipinski definition) is 0. The first-order valence-electron chi connectivity index (χ1n) is 16.5. The molecule has 4 aliphatic rings. The number of halogens is 4. The Bertz CT molecular complexity index is 1370. The molecule has 3 atom stereocenters. The Kier molecular flexibility index (Phi) is 9.44. The number of rotatable bonds is 9. The van der Waals surface area contributed by atoms with Crippen LogP contribution in [0.3, 0.4) is 0 Å². The number of nitrogens with zero attached hydrogens (tertiary/aromatic N) is 5. The van der Waals surface area contributed by atoms with Crippen LogP contribution >= 0.6 is 11.6 Å². The van der Waals surface area contributed by atoms with E-state index in [2.05, 4.69) is 57.1 Å². The summed E-state index contributed by atoms with van der Waals surface area (Å²) in [5.41, 5.74) is 1.67. The molecule has 1 aromatic heterocycles. The number of ether oxygens (including phenoxy) is 1. The van der Waals surface area contributed by atoms with Crippen molar-refractivity contribution in [3.63, 3.8) is 0 Å². The second-order valence-electron chi connectivity index (χ2n) is 13.4. The molecule has 0 N–H and O–H groups in total. The molecule has 1 aromatic carbocycles. The summed E-state index contributed by atoms with van der Waals surface area (Å²) in [6.07, 6.45) is 6.10. The van der Waals surface area contributed by atoms with Crippen LogP contribution in [0.4, 0.5) is 18.9 Å². The first-order valence-corrected chi connectivity index (χ1v) is 16.9. The van der Waals surface area contributed by atoms with Crippen molar-refractivity contribution in [2.45, 2.75) is 87.7 Å². The van der Waals surface area contributed by atoms with E-state index >= 15 is 0 Å². The monoisotopic (exact) mass is 647 g/mol. The van der Waals surface area contributed by atoms with Gasteiger partial charge in [-0.05, 0) is 82.6 Å². The number of aromatic nitrogens is 2. The van der Waals surface area contributed by atoms with Gasteiger partial charge in [-0.3, -0.25) is 9.58 Å². The van der Waals surface area contributed by atoms with Gasteiger partial charge in [-0.25, -0.2) is 18.0 Å². The summed E-state index contributed by atoms with van der Waals surface area (Å²) in [7, 11) is 0. The summed E-state index contributed by atoms with van der Waals surface area (Å²) in [6, 6.07) is 8.49. The predicted molar refractivity (Wildman–Crippen MR) is 170 cm³/mol. The Labute approximate surface area is 269 Å². The van der Waals surface area contributed by atoms with Gasteiger partial charge in [0.1, 0.15) is 16.9 Å². The lowest BCUT2D eigenvalue weighted by Crippen LogP contribution is -2.52. The third-order valence-electron chi connectivity index (χ3n) is 10.4. The van der Waals surface area contributed by atoms with Crippen molar-refractivity contribution in [2.75, 3.05) is 57.3 Å². The van der Waals surface area contributed by atoms with Crippen LogP contribution < -0.4 is 4.90 Å². The number of piperidine rings is 1. The highest BCUT2D eigenvalue weighted by Crippen LogP contribution is 2.45. The molecule has 0 amide bonds. The molecule has 2 aliphatic heterocycles. The number of anilines is 1. The van der Waals surface area contributed by atoms with Crippen LogP contribution in [0, 0.1) is 0 Å². The van der Waals surface area contributed by atoms with Crippen LogP contribution in [0.15, 0.2) is 42.2 Å². The van der Waals surface area contributed by atoms with E-state index in [1.165, 1.54) is 22.1 Å². The number of carbonyl (C=O) groups excluding carboxylic acids is 1. The Morgan fingerprint density at radius 1 is 1.04 bits per heavy atom. The lowest BCUT2D eigenvalue weighted by Gasteiger charge is -2.46. The minimum atomic E-state index is -2.85. The lowest BCUT2D eigenvalue weighted by atomic mass is 9.71. The largest absolute Gasteiger partial charge is 0.462 e. The third kappa shape index (κ3) is 6.59. The zero-order valence-corrected chi connectivity index (χ0v) is 27.1. The number of piperazine rings is 1. The molecule has 6 rings (SSSR count). The van der Waals surface area contributed by atoms with Crippen molar-refractivity contribution in [3.05, 3.63) is 59.1 Å².